The Morgan fingerprint density at radius 1 is 1.35 bits per heavy atom. The maximum absolute atomic E-state index is 11.5. The van der Waals surface area contributed by atoms with Gasteiger partial charge in [0.2, 0.25) is 0 Å². The van der Waals surface area contributed by atoms with E-state index in [9.17, 15) is 4.79 Å². The van der Waals surface area contributed by atoms with Gasteiger partial charge >= 0.3 is 5.97 Å². The Morgan fingerprint density at radius 2 is 1.95 bits per heavy atom. The van der Waals surface area contributed by atoms with Crippen molar-refractivity contribution in [2.24, 2.45) is 0 Å². The van der Waals surface area contributed by atoms with Gasteiger partial charge in [0, 0.05) is 12.2 Å². The van der Waals surface area contributed by atoms with Crippen LogP contribution in [0.15, 0.2) is 12.2 Å². The molecule has 1 rings (SSSR count). The highest BCUT2D eigenvalue weighted by Crippen LogP contribution is 2.50. The summed E-state index contributed by atoms with van der Waals surface area (Å²) in [5, 5.41) is 0.235. The van der Waals surface area contributed by atoms with E-state index >= 15 is 0 Å². The lowest BCUT2D eigenvalue weighted by Crippen LogP contribution is -2.66. The van der Waals surface area contributed by atoms with Gasteiger partial charge in [-0.25, -0.2) is 4.79 Å². The van der Waals surface area contributed by atoms with E-state index in [0.717, 1.165) is 13.0 Å². The summed E-state index contributed by atoms with van der Waals surface area (Å²) in [6, 6.07) is 1.34. The van der Waals surface area contributed by atoms with Gasteiger partial charge in [0.15, 0.2) is 7.83 Å². The number of hydrogen-bond donors (Lipinski definition) is 0. The van der Waals surface area contributed by atoms with Crippen LogP contribution >= 0.6 is 0 Å². The van der Waals surface area contributed by atoms with E-state index in [1.165, 1.54) is 12.5 Å². The molecule has 0 aromatic rings. The Morgan fingerprint density at radius 3 is 2.45 bits per heavy atom. The minimum absolute atomic E-state index is 0.235. The lowest BCUT2D eigenvalue weighted by atomic mass is 10.1. The molecule has 0 amide bonds. The Hall–Kier alpha value is -0.396. The van der Waals surface area contributed by atoms with Gasteiger partial charge in [-0.05, 0) is 37.9 Å². The molecule has 5 heteroatoms. The van der Waals surface area contributed by atoms with Crippen LogP contribution in [0.1, 0.15) is 33.6 Å². The zero-order valence-corrected chi connectivity index (χ0v) is 16.0. The van der Waals surface area contributed by atoms with Crippen LogP contribution in [0.25, 0.3) is 0 Å². The Kier molecular flexibility index (Phi) is 5.43. The molecule has 1 heterocycles. The first kappa shape index (κ1) is 17.7. The number of ether oxygens (including phenoxy) is 1. The fourth-order valence-electron chi connectivity index (χ4n) is 3.16. The van der Waals surface area contributed by atoms with Gasteiger partial charge in [-0.3, -0.25) is 0 Å². The van der Waals surface area contributed by atoms with E-state index in [2.05, 4.69) is 40.1 Å². The molecular formula is C15H30O3Si2. The van der Waals surface area contributed by atoms with Crippen molar-refractivity contribution >= 4 is 21.4 Å². The number of rotatable bonds is 5. The van der Waals surface area contributed by atoms with Crippen LogP contribution in [0.4, 0.5) is 0 Å². The zero-order chi connectivity index (χ0) is 15.6. The van der Waals surface area contributed by atoms with Crippen LogP contribution in [0.3, 0.4) is 0 Å². The van der Waals surface area contributed by atoms with Crippen LogP contribution in [0.5, 0.6) is 0 Å². The monoisotopic (exact) mass is 314 g/mol. The third-order valence-electron chi connectivity index (χ3n) is 5.42. The summed E-state index contributed by atoms with van der Waals surface area (Å²) in [5.74, 6) is -0.274. The molecule has 1 saturated heterocycles. The van der Waals surface area contributed by atoms with Gasteiger partial charge in [-0.15, -0.1) is 0 Å². The van der Waals surface area contributed by atoms with Crippen molar-refractivity contribution in [3.05, 3.63) is 12.2 Å². The zero-order valence-electron chi connectivity index (χ0n) is 14.0. The molecule has 0 aromatic carbocycles. The van der Waals surface area contributed by atoms with Crippen molar-refractivity contribution in [2.75, 3.05) is 13.2 Å². The number of hydrogen-bond acceptors (Lipinski definition) is 3. The van der Waals surface area contributed by atoms with E-state index in [4.69, 9.17) is 9.16 Å². The average Bonchev–Trinajstić information content (AvgIpc) is 2.32. The van der Waals surface area contributed by atoms with Crippen LogP contribution in [-0.2, 0) is 14.0 Å². The molecular weight excluding hydrogens is 284 g/mol. The number of esters is 1. The Balaban J connectivity index is 2.71. The molecule has 116 valence electrons. The predicted octanol–water partition coefficient (Wildman–Crippen LogP) is 4.06. The lowest BCUT2D eigenvalue weighted by molar-refractivity contribution is -0.139. The van der Waals surface area contributed by atoms with E-state index in [-0.39, 0.29) is 11.0 Å². The Labute approximate surface area is 125 Å². The minimum atomic E-state index is -1.60. The molecule has 0 aliphatic carbocycles. The fourth-order valence-corrected chi connectivity index (χ4v) is 17.4. The van der Waals surface area contributed by atoms with Gasteiger partial charge < -0.3 is 9.16 Å². The lowest BCUT2D eigenvalue weighted by Gasteiger charge is -2.53. The summed E-state index contributed by atoms with van der Waals surface area (Å²) in [5.41, 5.74) is 0.474. The van der Waals surface area contributed by atoms with Gasteiger partial charge in [-0.2, -0.15) is 0 Å². The van der Waals surface area contributed by atoms with Gasteiger partial charge in [0.25, 0.3) is 0 Å². The molecule has 1 atom stereocenters. The maximum Gasteiger partial charge on any atom is 0.333 e. The summed E-state index contributed by atoms with van der Waals surface area (Å²) in [6.45, 7) is 18.7. The van der Waals surface area contributed by atoms with E-state index in [0.29, 0.717) is 12.2 Å². The smallest absolute Gasteiger partial charge is 0.333 e. The summed E-state index contributed by atoms with van der Waals surface area (Å²) in [4.78, 5) is 11.5. The quantitative estimate of drug-likeness (QED) is 0.436. The summed E-state index contributed by atoms with van der Waals surface area (Å²) in [7, 11) is -3.09. The van der Waals surface area contributed by atoms with Crippen molar-refractivity contribution in [3.8, 4) is 0 Å². The number of carbonyl (C=O) groups is 1. The minimum Gasteiger partial charge on any atom is -0.462 e. The first-order chi connectivity index (χ1) is 9.03. The second kappa shape index (κ2) is 6.16. The molecule has 1 fully saturated rings. The number of carbonyl (C=O) groups excluding carboxylic acids is 1. The highest BCUT2D eigenvalue weighted by molar-refractivity contribution is 7.39. The highest BCUT2D eigenvalue weighted by atomic mass is 29.3. The van der Waals surface area contributed by atoms with Crippen molar-refractivity contribution in [3.63, 3.8) is 0 Å². The van der Waals surface area contributed by atoms with Crippen molar-refractivity contribution in [1.82, 2.24) is 0 Å². The topological polar surface area (TPSA) is 35.5 Å². The Bertz CT molecular complexity index is 391. The predicted molar refractivity (Wildman–Crippen MR) is 88.9 cm³/mol. The van der Waals surface area contributed by atoms with Gasteiger partial charge in [-0.1, -0.05) is 33.0 Å². The third kappa shape index (κ3) is 3.43. The first-order valence-corrected chi connectivity index (χ1v) is 14.1. The molecule has 20 heavy (non-hydrogen) atoms. The molecule has 0 radical (unpaired) electrons. The summed E-state index contributed by atoms with van der Waals surface area (Å²) < 4.78 is 11.5. The van der Waals surface area contributed by atoms with Gasteiger partial charge in [0.1, 0.15) is 0 Å². The fraction of sp³-hybridized carbons (Fsp3) is 0.800. The molecule has 0 aromatic heterocycles. The molecule has 1 aliphatic rings. The van der Waals surface area contributed by atoms with Crippen molar-refractivity contribution in [2.45, 2.75) is 64.3 Å². The van der Waals surface area contributed by atoms with Crippen LogP contribution < -0.4 is 0 Å². The standard InChI is InChI=1S/C15H30O3Si2/c1-13(2)14(16)17-11-9-15(3,4)20(7)12-8-10-18-19(20,5)6/h1,8-12H2,2-7H3. The van der Waals surface area contributed by atoms with Crippen molar-refractivity contribution < 1.29 is 14.0 Å². The van der Waals surface area contributed by atoms with Crippen LogP contribution in [0, 0.1) is 0 Å². The second-order valence-corrected chi connectivity index (χ2v) is 22.1. The third-order valence-corrected chi connectivity index (χ3v) is 24.8. The van der Waals surface area contributed by atoms with Gasteiger partial charge in [0.05, 0.1) is 14.2 Å². The average molecular weight is 315 g/mol. The maximum atomic E-state index is 11.5. The summed E-state index contributed by atoms with van der Waals surface area (Å²) in [6.07, 6.45) is 2.11. The molecule has 0 bridgehead atoms. The SMILES string of the molecule is C=C(C)C(=O)OCCC(C)(C)[Si]1(C)CCCO[Si]1(C)C. The van der Waals surface area contributed by atoms with E-state index in [1.54, 1.807) is 6.92 Å². The molecule has 3 nitrogen and oxygen atoms in total. The van der Waals surface area contributed by atoms with Crippen LogP contribution in [0.2, 0.25) is 30.7 Å². The molecule has 1 aliphatic heterocycles. The first-order valence-electron chi connectivity index (χ1n) is 7.50. The van der Waals surface area contributed by atoms with Crippen molar-refractivity contribution in [1.29, 1.82) is 0 Å². The summed E-state index contributed by atoms with van der Waals surface area (Å²) >= 11 is 0. The highest BCUT2D eigenvalue weighted by Gasteiger charge is 2.56. The van der Waals surface area contributed by atoms with Crippen LogP contribution in [-0.4, -0.2) is 34.6 Å². The molecule has 0 saturated carbocycles. The second-order valence-electron chi connectivity index (χ2n) is 7.34. The largest absolute Gasteiger partial charge is 0.462 e. The van der Waals surface area contributed by atoms with E-state index < -0.39 is 15.4 Å². The van der Waals surface area contributed by atoms with E-state index in [1.807, 2.05) is 0 Å². The normalized spacial score (nSPS) is 26.1. The molecule has 0 spiro atoms. The molecule has 0 N–H and O–H groups in total. The molecule has 1 unspecified atom stereocenters.